The fraction of sp³-hybridized carbons (Fsp3) is 0.714. The van der Waals surface area contributed by atoms with Gasteiger partial charge in [-0.2, -0.15) is 12.6 Å². The van der Waals surface area contributed by atoms with Crippen LogP contribution < -0.4 is 11.5 Å². The van der Waals surface area contributed by atoms with Crippen LogP contribution >= 0.6 is 12.6 Å². The maximum Gasteiger partial charge on any atom is 0.324 e. The van der Waals surface area contributed by atoms with Gasteiger partial charge >= 0.3 is 11.9 Å². The number of hydrogen-bond acceptors (Lipinski definition) is 6. The summed E-state index contributed by atoms with van der Waals surface area (Å²) < 4.78 is 4.58. The Labute approximate surface area is 87.0 Å². The lowest BCUT2D eigenvalue weighted by atomic mass is 10.2. The number of aliphatic carboxylic acids is 1. The molecule has 1 unspecified atom stereocenters. The van der Waals surface area contributed by atoms with Gasteiger partial charge in [-0.25, -0.2) is 0 Å². The zero-order valence-corrected chi connectivity index (χ0v) is 8.44. The van der Waals surface area contributed by atoms with Gasteiger partial charge in [0.2, 0.25) is 0 Å². The lowest BCUT2D eigenvalue weighted by Gasteiger charge is -2.11. The highest BCUT2D eigenvalue weighted by Crippen LogP contribution is 1.95. The quantitative estimate of drug-likeness (QED) is 0.324. The lowest BCUT2D eigenvalue weighted by Crippen LogP contribution is -2.39. The molecule has 0 rings (SSSR count). The van der Waals surface area contributed by atoms with Gasteiger partial charge in [0, 0.05) is 0 Å². The van der Waals surface area contributed by atoms with E-state index in [9.17, 15) is 9.59 Å². The summed E-state index contributed by atoms with van der Waals surface area (Å²) >= 11 is 3.89. The molecule has 0 aromatic heterocycles. The van der Waals surface area contributed by atoms with Crippen LogP contribution in [0.5, 0.6) is 0 Å². The average Bonchev–Trinajstić information content (AvgIpc) is 2.13. The molecule has 0 aliphatic rings. The number of carboxylic acid groups (broad SMARTS) is 1. The number of ether oxygens (including phenoxy) is 1. The van der Waals surface area contributed by atoms with E-state index in [0.717, 1.165) is 0 Å². The Bertz CT molecular complexity index is 212. The van der Waals surface area contributed by atoms with E-state index in [1.54, 1.807) is 0 Å². The number of hydrogen-bond donors (Lipinski definition) is 4. The first-order valence-corrected chi connectivity index (χ1v) is 4.63. The average molecular weight is 222 g/mol. The first kappa shape index (κ1) is 13.2. The fourth-order valence-electron chi connectivity index (χ4n) is 0.607. The van der Waals surface area contributed by atoms with Crippen LogP contribution in [0.4, 0.5) is 0 Å². The molecule has 0 bridgehead atoms. The number of rotatable bonds is 6. The van der Waals surface area contributed by atoms with E-state index in [-0.39, 0.29) is 6.61 Å². The number of carbonyl (C=O) groups is 2. The molecule has 0 aliphatic carbocycles. The molecule has 2 atom stereocenters. The summed E-state index contributed by atoms with van der Waals surface area (Å²) in [6.07, 6.45) is 0.379. The molecule has 5 N–H and O–H groups in total. The first-order valence-electron chi connectivity index (χ1n) is 4.00. The molecule has 82 valence electrons. The second kappa shape index (κ2) is 6.63. The van der Waals surface area contributed by atoms with Crippen LogP contribution in [0.15, 0.2) is 0 Å². The molecule has 0 radical (unpaired) electrons. The van der Waals surface area contributed by atoms with E-state index < -0.39 is 24.0 Å². The van der Waals surface area contributed by atoms with Gasteiger partial charge in [0.05, 0.1) is 0 Å². The fourth-order valence-corrected chi connectivity index (χ4v) is 0.885. The summed E-state index contributed by atoms with van der Waals surface area (Å²) in [5.74, 6) is -1.42. The Balaban J connectivity index is 3.78. The van der Waals surface area contributed by atoms with Crippen LogP contribution in [0.3, 0.4) is 0 Å². The molecule has 0 amide bonds. The van der Waals surface area contributed by atoms with E-state index in [4.69, 9.17) is 16.6 Å². The van der Waals surface area contributed by atoms with Crippen LogP contribution in [0.1, 0.15) is 6.42 Å². The summed E-state index contributed by atoms with van der Waals surface area (Å²) in [4.78, 5) is 21.3. The second-order valence-electron chi connectivity index (χ2n) is 2.69. The van der Waals surface area contributed by atoms with Gasteiger partial charge < -0.3 is 21.3 Å². The molecule has 6 nitrogen and oxygen atoms in total. The van der Waals surface area contributed by atoms with Gasteiger partial charge in [0.15, 0.2) is 0 Å². The van der Waals surface area contributed by atoms with Crippen LogP contribution in [0, 0.1) is 0 Å². The van der Waals surface area contributed by atoms with Gasteiger partial charge in [-0.05, 0) is 12.2 Å². The van der Waals surface area contributed by atoms with Crippen LogP contribution in [0.25, 0.3) is 0 Å². The molecule has 0 aliphatic heterocycles. The third-order valence-electron chi connectivity index (χ3n) is 1.47. The largest absolute Gasteiger partial charge is 0.480 e. The highest BCUT2D eigenvalue weighted by atomic mass is 32.1. The van der Waals surface area contributed by atoms with Crippen LogP contribution in [-0.4, -0.2) is 41.5 Å². The maximum absolute atomic E-state index is 11.0. The van der Waals surface area contributed by atoms with Gasteiger partial charge in [-0.15, -0.1) is 0 Å². The third-order valence-corrected chi connectivity index (χ3v) is 1.72. The van der Waals surface area contributed by atoms with Crippen molar-refractivity contribution in [3.8, 4) is 0 Å². The molecular weight excluding hydrogens is 208 g/mol. The zero-order chi connectivity index (χ0) is 11.1. The summed E-state index contributed by atoms with van der Waals surface area (Å²) in [7, 11) is 0. The van der Waals surface area contributed by atoms with E-state index in [1.165, 1.54) is 0 Å². The standard InChI is InChI=1S/C7H14N2O4S/c8-4(1-2-14)7(12)13-3-5(9)6(10)11/h4-5,14H,1-3,8-9H2,(H,10,11)/t4-,5?/m0/s1. The number of carboxylic acids is 1. The molecule has 14 heavy (non-hydrogen) atoms. The highest BCUT2D eigenvalue weighted by Gasteiger charge is 2.18. The molecule has 0 saturated heterocycles. The molecular formula is C7H14N2O4S. The SMILES string of the molecule is NC(COC(=O)[C@@H](N)CCS)C(=O)O. The minimum atomic E-state index is -1.22. The van der Waals surface area contributed by atoms with E-state index in [1.807, 2.05) is 0 Å². The number of esters is 1. The Morgan fingerprint density at radius 3 is 2.36 bits per heavy atom. The molecule has 0 heterocycles. The van der Waals surface area contributed by atoms with Crippen molar-refractivity contribution in [1.82, 2.24) is 0 Å². The van der Waals surface area contributed by atoms with Crippen molar-refractivity contribution in [2.45, 2.75) is 18.5 Å². The van der Waals surface area contributed by atoms with Crippen molar-refractivity contribution >= 4 is 24.6 Å². The van der Waals surface area contributed by atoms with Crippen molar-refractivity contribution in [1.29, 1.82) is 0 Å². The highest BCUT2D eigenvalue weighted by molar-refractivity contribution is 7.80. The maximum atomic E-state index is 11.0. The zero-order valence-electron chi connectivity index (χ0n) is 7.55. The Hall–Kier alpha value is -0.790. The van der Waals surface area contributed by atoms with Crippen LogP contribution in [0.2, 0.25) is 0 Å². The molecule has 0 aromatic carbocycles. The number of nitrogens with two attached hydrogens (primary N) is 2. The normalized spacial score (nSPS) is 14.5. The van der Waals surface area contributed by atoms with E-state index in [2.05, 4.69) is 17.4 Å². The molecule has 0 spiro atoms. The predicted molar refractivity (Wildman–Crippen MR) is 53.0 cm³/mol. The van der Waals surface area contributed by atoms with Gasteiger partial charge in [0.1, 0.15) is 18.7 Å². The molecule has 0 aromatic rings. The van der Waals surface area contributed by atoms with Crippen molar-refractivity contribution < 1.29 is 19.4 Å². The topological polar surface area (TPSA) is 116 Å². The Morgan fingerprint density at radius 1 is 1.36 bits per heavy atom. The molecule has 0 fully saturated rings. The first-order chi connectivity index (χ1) is 6.49. The van der Waals surface area contributed by atoms with Gasteiger partial charge in [-0.3, -0.25) is 9.59 Å². The minimum Gasteiger partial charge on any atom is -0.480 e. The van der Waals surface area contributed by atoms with Crippen molar-refractivity contribution in [3.63, 3.8) is 0 Å². The molecule has 0 saturated carbocycles. The van der Waals surface area contributed by atoms with E-state index >= 15 is 0 Å². The Morgan fingerprint density at radius 2 is 1.93 bits per heavy atom. The number of thiol groups is 1. The Kier molecular flexibility index (Phi) is 6.26. The summed E-state index contributed by atoms with van der Waals surface area (Å²) in [6, 6.07) is -1.98. The molecule has 7 heteroatoms. The van der Waals surface area contributed by atoms with Gasteiger partial charge in [-0.1, -0.05) is 0 Å². The lowest BCUT2D eigenvalue weighted by molar-refractivity contribution is -0.149. The van der Waals surface area contributed by atoms with E-state index in [0.29, 0.717) is 12.2 Å². The third kappa shape index (κ3) is 5.05. The minimum absolute atomic E-state index is 0.367. The monoisotopic (exact) mass is 222 g/mol. The smallest absolute Gasteiger partial charge is 0.324 e. The van der Waals surface area contributed by atoms with Crippen molar-refractivity contribution in [2.75, 3.05) is 12.4 Å². The van der Waals surface area contributed by atoms with Crippen molar-refractivity contribution in [2.24, 2.45) is 11.5 Å². The van der Waals surface area contributed by atoms with Crippen LogP contribution in [-0.2, 0) is 14.3 Å². The predicted octanol–water partition coefficient (Wildman–Crippen LogP) is -1.41. The second-order valence-corrected chi connectivity index (χ2v) is 3.14. The summed E-state index contributed by atoms with van der Waals surface area (Å²) in [6.45, 7) is -0.367. The number of carbonyl (C=O) groups excluding carboxylic acids is 1. The van der Waals surface area contributed by atoms with Crippen molar-refractivity contribution in [3.05, 3.63) is 0 Å². The van der Waals surface area contributed by atoms with Gasteiger partial charge in [0.25, 0.3) is 0 Å². The summed E-state index contributed by atoms with van der Waals surface area (Å²) in [5.41, 5.74) is 10.5. The summed E-state index contributed by atoms with van der Waals surface area (Å²) in [5, 5.41) is 8.38.